The zero-order chi connectivity index (χ0) is 22.6. The lowest BCUT2D eigenvalue weighted by Gasteiger charge is -2.17. The van der Waals surface area contributed by atoms with Crippen LogP contribution in [0.5, 0.6) is 0 Å². The van der Waals surface area contributed by atoms with Crippen LogP contribution in [-0.4, -0.2) is 40.8 Å². The first-order chi connectivity index (χ1) is 14.7. The monoisotopic (exact) mass is 441 g/mol. The van der Waals surface area contributed by atoms with Crippen LogP contribution in [-0.2, 0) is 21.4 Å². The van der Waals surface area contributed by atoms with E-state index >= 15 is 0 Å². The second-order valence-electron chi connectivity index (χ2n) is 6.92. The highest BCUT2D eigenvalue weighted by molar-refractivity contribution is 7.89. The molecule has 0 fully saturated rings. The first-order valence-electron chi connectivity index (χ1n) is 9.59. The van der Waals surface area contributed by atoms with Crippen LogP contribution in [0, 0.1) is 0 Å². The van der Waals surface area contributed by atoms with Crippen LogP contribution in [0.2, 0.25) is 0 Å². The lowest BCUT2D eigenvalue weighted by Crippen LogP contribution is -2.26. The van der Waals surface area contributed by atoms with E-state index in [1.165, 1.54) is 10.4 Å². The Kier molecular flexibility index (Phi) is 6.57. The van der Waals surface area contributed by atoms with Gasteiger partial charge in [0.2, 0.25) is 10.0 Å². The Bertz CT molecular complexity index is 1370. The van der Waals surface area contributed by atoms with Crippen LogP contribution >= 0.6 is 0 Å². The number of hydrogen-bond donors (Lipinski definition) is 3. The van der Waals surface area contributed by atoms with Crippen molar-refractivity contribution < 1.29 is 18.3 Å². The normalized spacial score (nSPS) is 11.5. The summed E-state index contributed by atoms with van der Waals surface area (Å²) < 4.78 is 27.3. The summed E-state index contributed by atoms with van der Waals surface area (Å²) in [5, 5.41) is 9.11. The molecule has 0 spiro atoms. The average molecular weight is 442 g/mol. The summed E-state index contributed by atoms with van der Waals surface area (Å²) in [5.74, 6) is -0.745. The summed E-state index contributed by atoms with van der Waals surface area (Å²) in [6.07, 6.45) is 1.89. The summed E-state index contributed by atoms with van der Waals surface area (Å²) in [5.41, 5.74) is 1.72. The highest BCUT2D eigenvalue weighted by atomic mass is 32.2. The average Bonchev–Trinajstić information content (AvgIpc) is 3.25. The number of aliphatic carboxylic acids is 1. The molecule has 4 aromatic rings. The number of carboxylic acids is 1. The maximum absolute atomic E-state index is 13.0. The van der Waals surface area contributed by atoms with E-state index < -0.39 is 16.0 Å². The highest BCUT2D eigenvalue weighted by Crippen LogP contribution is 2.25. The minimum absolute atomic E-state index is 0.193. The van der Waals surface area contributed by atoms with Gasteiger partial charge in [-0.15, -0.1) is 0 Å². The SMILES string of the molecule is CCC(=O)O.CN(Cc1ccccc1)S(=O)(=O)c1ccc2[nH]c(=O)c3[nH]ccc3c2c1. The van der Waals surface area contributed by atoms with E-state index in [0.29, 0.717) is 21.8 Å². The van der Waals surface area contributed by atoms with E-state index in [0.717, 1.165) is 5.56 Å². The topological polar surface area (TPSA) is 123 Å². The van der Waals surface area contributed by atoms with Crippen LogP contribution in [0.25, 0.3) is 21.8 Å². The number of aromatic amines is 2. The molecule has 0 saturated carbocycles. The highest BCUT2D eigenvalue weighted by Gasteiger charge is 2.22. The van der Waals surface area contributed by atoms with Crippen molar-refractivity contribution in [2.45, 2.75) is 24.8 Å². The fourth-order valence-corrected chi connectivity index (χ4v) is 4.27. The van der Waals surface area contributed by atoms with Crippen molar-refractivity contribution in [2.75, 3.05) is 7.05 Å². The molecule has 0 saturated heterocycles. The molecule has 0 bridgehead atoms. The molecule has 0 radical (unpaired) electrons. The molecule has 2 aromatic heterocycles. The predicted molar refractivity (Wildman–Crippen MR) is 119 cm³/mol. The zero-order valence-corrected chi connectivity index (χ0v) is 17.9. The van der Waals surface area contributed by atoms with E-state index in [-0.39, 0.29) is 23.4 Å². The first-order valence-corrected chi connectivity index (χ1v) is 11.0. The van der Waals surface area contributed by atoms with Gasteiger partial charge in [0.05, 0.1) is 4.90 Å². The second-order valence-corrected chi connectivity index (χ2v) is 8.97. The summed E-state index contributed by atoms with van der Waals surface area (Å²) in [6, 6.07) is 16.0. The number of benzene rings is 2. The molecule has 0 aliphatic carbocycles. The van der Waals surface area contributed by atoms with Gasteiger partial charge in [-0.05, 0) is 29.8 Å². The summed E-state index contributed by atoms with van der Waals surface area (Å²) in [6.45, 7) is 1.88. The van der Waals surface area contributed by atoms with Crippen LogP contribution in [0.3, 0.4) is 0 Å². The zero-order valence-electron chi connectivity index (χ0n) is 17.1. The van der Waals surface area contributed by atoms with Crippen LogP contribution in [0.1, 0.15) is 18.9 Å². The van der Waals surface area contributed by atoms with Crippen molar-refractivity contribution in [1.29, 1.82) is 0 Å². The first kappa shape index (κ1) is 22.3. The molecule has 9 heteroatoms. The lowest BCUT2D eigenvalue weighted by molar-refractivity contribution is -0.136. The molecule has 8 nitrogen and oxygen atoms in total. The van der Waals surface area contributed by atoms with Crippen molar-refractivity contribution in [3.8, 4) is 0 Å². The molecule has 0 aliphatic heterocycles. The van der Waals surface area contributed by atoms with Crippen molar-refractivity contribution in [2.24, 2.45) is 0 Å². The van der Waals surface area contributed by atoms with Crippen LogP contribution in [0.4, 0.5) is 0 Å². The number of fused-ring (bicyclic) bond motifs is 3. The number of rotatable bonds is 5. The lowest BCUT2D eigenvalue weighted by atomic mass is 10.1. The van der Waals surface area contributed by atoms with Crippen molar-refractivity contribution in [3.63, 3.8) is 0 Å². The number of pyridine rings is 1. The number of H-pyrrole nitrogens is 2. The standard InChI is InChI=1S/C19H17N3O3S.C3H6O2/c1-22(12-13-5-3-2-4-6-13)26(24,25)14-7-8-17-16(11-14)15-9-10-20-18(15)19(23)21-17;1-2-3(4)5/h2-11,20H,12H2,1H3,(H,21,23);2H2,1H3,(H,4,5). The largest absolute Gasteiger partial charge is 0.481 e. The summed E-state index contributed by atoms with van der Waals surface area (Å²) in [7, 11) is -2.10. The van der Waals surface area contributed by atoms with E-state index in [9.17, 15) is 18.0 Å². The van der Waals surface area contributed by atoms with Gasteiger partial charge < -0.3 is 15.1 Å². The predicted octanol–water partition coefficient (Wildman–Crippen LogP) is 3.31. The third-order valence-corrected chi connectivity index (χ3v) is 6.56. The van der Waals surface area contributed by atoms with Gasteiger partial charge in [-0.25, -0.2) is 8.42 Å². The van der Waals surface area contributed by atoms with Gasteiger partial charge in [0, 0.05) is 42.5 Å². The van der Waals surface area contributed by atoms with Crippen molar-refractivity contribution in [3.05, 3.63) is 76.7 Å². The van der Waals surface area contributed by atoms with Gasteiger partial charge in [0.1, 0.15) is 5.52 Å². The Morgan fingerprint density at radius 3 is 2.39 bits per heavy atom. The van der Waals surface area contributed by atoms with Crippen molar-refractivity contribution >= 4 is 37.8 Å². The fraction of sp³-hybridized carbons (Fsp3) is 0.182. The van der Waals surface area contributed by atoms with Gasteiger partial charge in [0.15, 0.2) is 0 Å². The number of carbonyl (C=O) groups is 1. The third kappa shape index (κ3) is 4.84. The molecule has 0 unspecified atom stereocenters. The summed E-state index contributed by atoms with van der Waals surface area (Å²) in [4.78, 5) is 27.3. The quantitative estimate of drug-likeness (QED) is 0.438. The Morgan fingerprint density at radius 1 is 1.06 bits per heavy atom. The molecule has 0 aliphatic rings. The molecular formula is C22H23N3O5S. The van der Waals surface area contributed by atoms with Gasteiger partial charge in [0.25, 0.3) is 5.56 Å². The second kappa shape index (κ2) is 9.15. The summed E-state index contributed by atoms with van der Waals surface area (Å²) >= 11 is 0. The van der Waals surface area contributed by atoms with Gasteiger partial charge in [-0.1, -0.05) is 37.3 Å². The van der Waals surface area contributed by atoms with Gasteiger partial charge in [-0.2, -0.15) is 4.31 Å². The molecule has 31 heavy (non-hydrogen) atoms. The molecular weight excluding hydrogens is 418 g/mol. The Morgan fingerprint density at radius 2 is 1.74 bits per heavy atom. The smallest absolute Gasteiger partial charge is 0.303 e. The van der Waals surface area contributed by atoms with Gasteiger partial charge >= 0.3 is 5.97 Å². The minimum Gasteiger partial charge on any atom is -0.481 e. The number of nitrogens with one attached hydrogen (secondary N) is 2. The molecule has 162 valence electrons. The number of sulfonamides is 1. The Balaban J connectivity index is 0.000000491. The molecule has 0 atom stereocenters. The molecule has 3 N–H and O–H groups in total. The maximum Gasteiger partial charge on any atom is 0.303 e. The molecule has 0 amide bonds. The van der Waals surface area contributed by atoms with E-state index in [1.54, 1.807) is 38.4 Å². The van der Waals surface area contributed by atoms with Gasteiger partial charge in [-0.3, -0.25) is 9.59 Å². The molecule has 4 rings (SSSR count). The number of hydrogen-bond acceptors (Lipinski definition) is 4. The maximum atomic E-state index is 13.0. The Hall–Kier alpha value is -3.43. The van der Waals surface area contributed by atoms with E-state index in [4.69, 9.17) is 5.11 Å². The number of nitrogens with zero attached hydrogens (tertiary/aromatic N) is 1. The number of carboxylic acid groups (broad SMARTS) is 1. The van der Waals surface area contributed by atoms with Crippen LogP contribution < -0.4 is 5.56 Å². The van der Waals surface area contributed by atoms with E-state index in [1.807, 2.05) is 30.3 Å². The van der Waals surface area contributed by atoms with Crippen molar-refractivity contribution in [1.82, 2.24) is 14.3 Å². The minimum atomic E-state index is -3.66. The van der Waals surface area contributed by atoms with Crippen LogP contribution in [0.15, 0.2) is 70.5 Å². The molecule has 2 aromatic carbocycles. The van der Waals surface area contributed by atoms with E-state index in [2.05, 4.69) is 9.97 Å². The number of aromatic nitrogens is 2. The Labute approximate surface area is 179 Å². The fourth-order valence-electron chi connectivity index (χ4n) is 3.09. The molecule has 2 heterocycles. The third-order valence-electron chi connectivity index (χ3n) is 4.76.